The van der Waals surface area contributed by atoms with Crippen molar-refractivity contribution in [1.82, 2.24) is 20.1 Å². The maximum absolute atomic E-state index is 4.40. The van der Waals surface area contributed by atoms with Crippen molar-refractivity contribution in [3.05, 3.63) is 34.4 Å². The molecular formula is C14H19BrN6. The van der Waals surface area contributed by atoms with Crippen LogP contribution in [0.5, 0.6) is 0 Å². The molecule has 2 aromatic rings. The van der Waals surface area contributed by atoms with E-state index in [1.165, 1.54) is 0 Å². The van der Waals surface area contributed by atoms with E-state index in [0.717, 1.165) is 28.8 Å². The second kappa shape index (κ2) is 7.33. The number of rotatable bonds is 6. The number of benzene rings is 1. The third kappa shape index (κ3) is 4.95. The van der Waals surface area contributed by atoms with Gasteiger partial charge in [0.05, 0.1) is 6.20 Å². The predicted molar refractivity (Wildman–Crippen MR) is 89.0 cm³/mol. The minimum atomic E-state index is 0.482. The van der Waals surface area contributed by atoms with Crippen LogP contribution < -0.4 is 10.6 Å². The highest BCUT2D eigenvalue weighted by Crippen LogP contribution is 2.22. The number of likely N-dealkylation sites (N-methyl/N-ethyl adjacent to an activating group) is 1. The van der Waals surface area contributed by atoms with Crippen LogP contribution in [-0.4, -0.2) is 47.3 Å². The van der Waals surface area contributed by atoms with E-state index in [1.807, 2.05) is 39.2 Å². The Morgan fingerprint density at radius 1 is 1.29 bits per heavy atom. The van der Waals surface area contributed by atoms with Crippen molar-refractivity contribution in [2.24, 2.45) is 0 Å². The molecule has 0 aliphatic carbocycles. The zero-order valence-electron chi connectivity index (χ0n) is 12.4. The quantitative estimate of drug-likeness (QED) is 0.834. The first-order valence-electron chi connectivity index (χ1n) is 6.66. The van der Waals surface area contributed by atoms with Crippen molar-refractivity contribution in [2.75, 3.05) is 37.8 Å². The summed E-state index contributed by atoms with van der Waals surface area (Å²) in [6, 6.07) is 5.99. The van der Waals surface area contributed by atoms with E-state index in [1.54, 1.807) is 6.20 Å². The zero-order chi connectivity index (χ0) is 15.2. The average Bonchev–Trinajstić information content (AvgIpc) is 2.42. The summed E-state index contributed by atoms with van der Waals surface area (Å²) in [7, 11) is 4.06. The highest BCUT2D eigenvalue weighted by Gasteiger charge is 2.04. The van der Waals surface area contributed by atoms with E-state index in [4.69, 9.17) is 0 Å². The van der Waals surface area contributed by atoms with Crippen LogP contribution in [0.2, 0.25) is 0 Å². The molecule has 1 heterocycles. The average molecular weight is 351 g/mol. The van der Waals surface area contributed by atoms with Crippen LogP contribution in [0.25, 0.3) is 0 Å². The molecule has 0 atom stereocenters. The molecule has 1 aromatic carbocycles. The summed E-state index contributed by atoms with van der Waals surface area (Å²) >= 11 is 3.45. The largest absolute Gasteiger partial charge is 0.367 e. The first kappa shape index (κ1) is 15.7. The molecule has 0 amide bonds. The van der Waals surface area contributed by atoms with E-state index in [-0.39, 0.29) is 0 Å². The lowest BCUT2D eigenvalue weighted by atomic mass is 10.2. The Kier molecular flexibility index (Phi) is 5.46. The number of aryl methyl sites for hydroxylation is 1. The molecule has 7 heteroatoms. The first-order chi connectivity index (χ1) is 10.0. The standard InChI is InChI=1S/C14H19BrN6/c1-10-8-11(15)4-5-12(10)18-14-19-13(9-17-20-14)16-6-7-21(2)3/h4-5,8-9H,6-7H2,1-3H3,(H2,16,18,19,20). The monoisotopic (exact) mass is 350 g/mol. The second-order valence-corrected chi connectivity index (χ2v) is 5.90. The van der Waals surface area contributed by atoms with E-state index < -0.39 is 0 Å². The van der Waals surface area contributed by atoms with Gasteiger partial charge in [0.25, 0.3) is 0 Å². The zero-order valence-corrected chi connectivity index (χ0v) is 14.0. The Morgan fingerprint density at radius 2 is 2.10 bits per heavy atom. The van der Waals surface area contributed by atoms with Gasteiger partial charge in [-0.05, 0) is 44.8 Å². The Hall–Kier alpha value is -1.73. The van der Waals surface area contributed by atoms with Crippen molar-refractivity contribution in [2.45, 2.75) is 6.92 Å². The molecule has 112 valence electrons. The summed E-state index contributed by atoms with van der Waals surface area (Å²) in [5, 5.41) is 14.4. The smallest absolute Gasteiger partial charge is 0.249 e. The van der Waals surface area contributed by atoms with Gasteiger partial charge in [0.1, 0.15) is 0 Å². The lowest BCUT2D eigenvalue weighted by Crippen LogP contribution is -2.21. The van der Waals surface area contributed by atoms with Gasteiger partial charge in [-0.3, -0.25) is 0 Å². The van der Waals surface area contributed by atoms with Crippen LogP contribution in [0, 0.1) is 6.92 Å². The summed E-state index contributed by atoms with van der Waals surface area (Å²) in [4.78, 5) is 6.51. The molecule has 0 unspecified atom stereocenters. The van der Waals surface area contributed by atoms with Crippen molar-refractivity contribution in [1.29, 1.82) is 0 Å². The number of halogens is 1. The number of nitrogens with zero attached hydrogens (tertiary/aromatic N) is 4. The molecule has 6 nitrogen and oxygen atoms in total. The first-order valence-corrected chi connectivity index (χ1v) is 7.45. The Labute approximate surface area is 133 Å². The SMILES string of the molecule is Cc1cc(Br)ccc1Nc1nncc(NCCN(C)C)n1. The Morgan fingerprint density at radius 3 is 2.81 bits per heavy atom. The molecule has 1 aromatic heterocycles. The summed E-state index contributed by atoms with van der Waals surface area (Å²) in [5.41, 5.74) is 2.07. The third-order valence-corrected chi connectivity index (χ3v) is 3.35. The second-order valence-electron chi connectivity index (χ2n) is 4.98. The number of hydrogen-bond acceptors (Lipinski definition) is 6. The van der Waals surface area contributed by atoms with Gasteiger partial charge in [-0.2, -0.15) is 10.1 Å². The van der Waals surface area contributed by atoms with E-state index in [2.05, 4.69) is 46.6 Å². The fraction of sp³-hybridized carbons (Fsp3) is 0.357. The van der Waals surface area contributed by atoms with E-state index >= 15 is 0 Å². The molecule has 21 heavy (non-hydrogen) atoms. The van der Waals surface area contributed by atoms with Crippen molar-refractivity contribution in [3.8, 4) is 0 Å². The highest BCUT2D eigenvalue weighted by molar-refractivity contribution is 9.10. The van der Waals surface area contributed by atoms with Crippen LogP contribution in [0.3, 0.4) is 0 Å². The maximum Gasteiger partial charge on any atom is 0.249 e. The van der Waals surface area contributed by atoms with Gasteiger partial charge in [-0.15, -0.1) is 5.10 Å². The van der Waals surface area contributed by atoms with Gasteiger partial charge in [0.15, 0.2) is 5.82 Å². The molecule has 0 aliphatic rings. The molecule has 0 fully saturated rings. The summed E-state index contributed by atoms with van der Waals surface area (Å²) in [5.74, 6) is 1.19. The minimum Gasteiger partial charge on any atom is -0.367 e. The van der Waals surface area contributed by atoms with Gasteiger partial charge in [-0.25, -0.2) is 0 Å². The van der Waals surface area contributed by atoms with Crippen LogP contribution in [0.1, 0.15) is 5.56 Å². The van der Waals surface area contributed by atoms with Crippen LogP contribution in [-0.2, 0) is 0 Å². The summed E-state index contributed by atoms with van der Waals surface area (Å²) in [6.45, 7) is 3.76. The molecule has 2 N–H and O–H groups in total. The molecule has 0 bridgehead atoms. The van der Waals surface area contributed by atoms with E-state index in [0.29, 0.717) is 11.8 Å². The Bertz CT molecular complexity index is 602. The van der Waals surface area contributed by atoms with Crippen LogP contribution in [0.15, 0.2) is 28.9 Å². The van der Waals surface area contributed by atoms with Gasteiger partial charge in [-0.1, -0.05) is 15.9 Å². The lowest BCUT2D eigenvalue weighted by Gasteiger charge is -2.11. The van der Waals surface area contributed by atoms with Crippen molar-refractivity contribution < 1.29 is 0 Å². The number of hydrogen-bond donors (Lipinski definition) is 2. The van der Waals surface area contributed by atoms with Gasteiger partial charge >= 0.3 is 0 Å². The lowest BCUT2D eigenvalue weighted by molar-refractivity contribution is 0.425. The molecule has 0 spiro atoms. The van der Waals surface area contributed by atoms with Crippen molar-refractivity contribution >= 4 is 33.4 Å². The van der Waals surface area contributed by atoms with E-state index in [9.17, 15) is 0 Å². The number of aromatic nitrogens is 3. The summed E-state index contributed by atoms with van der Waals surface area (Å²) in [6.07, 6.45) is 1.62. The van der Waals surface area contributed by atoms with Gasteiger partial charge in [0.2, 0.25) is 5.95 Å². The molecule has 0 saturated heterocycles. The van der Waals surface area contributed by atoms with Gasteiger partial charge < -0.3 is 15.5 Å². The molecule has 0 aliphatic heterocycles. The van der Waals surface area contributed by atoms with Crippen LogP contribution >= 0.6 is 15.9 Å². The highest BCUT2D eigenvalue weighted by atomic mass is 79.9. The number of nitrogens with one attached hydrogen (secondary N) is 2. The number of anilines is 3. The minimum absolute atomic E-state index is 0.482. The fourth-order valence-corrected chi connectivity index (χ4v) is 2.21. The van der Waals surface area contributed by atoms with Crippen LogP contribution in [0.4, 0.5) is 17.5 Å². The van der Waals surface area contributed by atoms with Gasteiger partial charge in [0, 0.05) is 23.2 Å². The third-order valence-electron chi connectivity index (χ3n) is 2.86. The topological polar surface area (TPSA) is 66.0 Å². The molecular weight excluding hydrogens is 332 g/mol. The fourth-order valence-electron chi connectivity index (χ4n) is 1.74. The molecule has 0 radical (unpaired) electrons. The predicted octanol–water partition coefficient (Wildman–Crippen LogP) is 2.66. The van der Waals surface area contributed by atoms with Crippen molar-refractivity contribution in [3.63, 3.8) is 0 Å². The Balaban J connectivity index is 2.03. The molecule has 0 saturated carbocycles. The molecule has 2 rings (SSSR count). The normalized spacial score (nSPS) is 10.7. The maximum atomic E-state index is 4.40. The summed E-state index contributed by atoms with van der Waals surface area (Å²) < 4.78 is 1.05.